The van der Waals surface area contributed by atoms with Crippen LogP contribution in [0.2, 0.25) is 0 Å². The fraction of sp³-hybridized carbons (Fsp3) is 0.417. The fourth-order valence-corrected chi connectivity index (χ4v) is 5.00. The molecule has 2 aliphatic rings. The number of halogens is 1. The molecule has 0 spiro atoms. The Labute approximate surface area is 176 Å². The summed E-state index contributed by atoms with van der Waals surface area (Å²) in [5, 5.41) is 6.17. The maximum absolute atomic E-state index is 13.1. The van der Waals surface area contributed by atoms with E-state index < -0.39 is 6.09 Å². The van der Waals surface area contributed by atoms with Crippen LogP contribution in [0.4, 0.5) is 9.18 Å². The molecule has 0 bridgehead atoms. The molecule has 0 radical (unpaired) electrons. The molecule has 0 saturated heterocycles. The summed E-state index contributed by atoms with van der Waals surface area (Å²) >= 11 is 0. The van der Waals surface area contributed by atoms with Gasteiger partial charge in [0.2, 0.25) is 0 Å². The molecule has 2 fully saturated rings. The van der Waals surface area contributed by atoms with Crippen LogP contribution in [0.15, 0.2) is 54.6 Å². The lowest BCUT2D eigenvalue weighted by Gasteiger charge is -2.57. The van der Waals surface area contributed by atoms with E-state index in [1.165, 1.54) is 24.3 Å². The van der Waals surface area contributed by atoms with E-state index in [1.54, 1.807) is 0 Å². The van der Waals surface area contributed by atoms with Gasteiger partial charge in [0.1, 0.15) is 12.4 Å². The molecule has 2 saturated carbocycles. The van der Waals surface area contributed by atoms with E-state index in [-0.39, 0.29) is 34.8 Å². The predicted octanol–water partition coefficient (Wildman–Crippen LogP) is 4.57. The minimum atomic E-state index is -0.427. The van der Waals surface area contributed by atoms with Gasteiger partial charge in [0.05, 0.1) is 0 Å². The monoisotopic (exact) mass is 410 g/mol. The molecule has 30 heavy (non-hydrogen) atoms. The summed E-state index contributed by atoms with van der Waals surface area (Å²) in [7, 11) is 0. The van der Waals surface area contributed by atoms with Crippen LogP contribution < -0.4 is 10.6 Å². The Balaban J connectivity index is 1.31. The van der Waals surface area contributed by atoms with Crippen molar-refractivity contribution in [3.8, 4) is 0 Å². The second-order valence-electron chi connectivity index (χ2n) is 9.20. The molecule has 2 aromatic rings. The van der Waals surface area contributed by atoms with Gasteiger partial charge in [-0.2, -0.15) is 0 Å². The number of nitrogens with one attached hydrogen (secondary N) is 2. The first kappa shape index (κ1) is 20.4. The highest BCUT2D eigenvalue weighted by molar-refractivity contribution is 5.95. The van der Waals surface area contributed by atoms with Crippen molar-refractivity contribution in [3.05, 3.63) is 71.5 Å². The third-order valence-corrected chi connectivity index (χ3v) is 6.54. The molecule has 2 aliphatic carbocycles. The lowest BCUT2D eigenvalue weighted by atomic mass is 9.54. The SMILES string of the molecule is CC1(NC(=O)OCc2ccccc2)CC(C)(C2(NC(=O)c3ccc(F)cc3)CC2)C1. The van der Waals surface area contributed by atoms with Crippen molar-refractivity contribution in [2.45, 2.75) is 57.2 Å². The summed E-state index contributed by atoms with van der Waals surface area (Å²) in [5.41, 5.74) is 0.656. The molecular weight excluding hydrogens is 383 g/mol. The molecule has 0 atom stereocenters. The number of amides is 2. The van der Waals surface area contributed by atoms with E-state index in [4.69, 9.17) is 4.74 Å². The summed E-state index contributed by atoms with van der Waals surface area (Å²) < 4.78 is 18.5. The molecule has 0 unspecified atom stereocenters. The Kier molecular flexibility index (Phi) is 5.04. The number of hydrogen-bond donors (Lipinski definition) is 2. The molecule has 2 N–H and O–H groups in total. The van der Waals surface area contributed by atoms with Gasteiger partial charge in [0.15, 0.2) is 0 Å². The van der Waals surface area contributed by atoms with Gasteiger partial charge < -0.3 is 15.4 Å². The van der Waals surface area contributed by atoms with Crippen LogP contribution >= 0.6 is 0 Å². The quantitative estimate of drug-likeness (QED) is 0.733. The number of hydrogen-bond acceptors (Lipinski definition) is 3. The molecule has 0 aromatic heterocycles. The van der Waals surface area contributed by atoms with Crippen LogP contribution in [0.3, 0.4) is 0 Å². The zero-order chi connectivity index (χ0) is 21.4. The summed E-state index contributed by atoms with van der Waals surface area (Å²) in [6.45, 7) is 4.40. The van der Waals surface area contributed by atoms with Gasteiger partial charge in [-0.1, -0.05) is 37.3 Å². The highest BCUT2D eigenvalue weighted by atomic mass is 19.1. The topological polar surface area (TPSA) is 67.4 Å². The number of carbonyl (C=O) groups excluding carboxylic acids is 2. The first-order valence-electron chi connectivity index (χ1n) is 10.3. The molecule has 5 nitrogen and oxygen atoms in total. The maximum atomic E-state index is 13.1. The van der Waals surface area contributed by atoms with Crippen LogP contribution in [-0.4, -0.2) is 23.1 Å². The second kappa shape index (κ2) is 7.42. The molecule has 0 aliphatic heterocycles. The molecule has 6 heteroatoms. The van der Waals surface area contributed by atoms with Crippen molar-refractivity contribution < 1.29 is 18.7 Å². The van der Waals surface area contributed by atoms with Gasteiger partial charge in [-0.05, 0) is 67.9 Å². The Morgan fingerprint density at radius 3 is 2.20 bits per heavy atom. The van der Waals surface area contributed by atoms with Crippen molar-refractivity contribution in [3.63, 3.8) is 0 Å². The van der Waals surface area contributed by atoms with Crippen molar-refractivity contribution >= 4 is 12.0 Å². The van der Waals surface area contributed by atoms with Gasteiger partial charge in [-0.15, -0.1) is 0 Å². The first-order valence-corrected chi connectivity index (χ1v) is 10.3. The number of alkyl carbamates (subject to hydrolysis) is 1. The normalized spacial score (nSPS) is 26.2. The lowest BCUT2D eigenvalue weighted by Crippen LogP contribution is -2.66. The summed E-state index contributed by atoms with van der Waals surface area (Å²) in [4.78, 5) is 24.9. The first-order chi connectivity index (χ1) is 14.2. The smallest absolute Gasteiger partial charge is 0.407 e. The minimum Gasteiger partial charge on any atom is -0.445 e. The molecule has 2 aromatic carbocycles. The van der Waals surface area contributed by atoms with Gasteiger partial charge in [0.25, 0.3) is 5.91 Å². The highest BCUT2D eigenvalue weighted by Crippen LogP contribution is 2.63. The maximum Gasteiger partial charge on any atom is 0.407 e. The van der Waals surface area contributed by atoms with Crippen molar-refractivity contribution in [1.29, 1.82) is 0 Å². The zero-order valence-corrected chi connectivity index (χ0v) is 17.3. The Morgan fingerprint density at radius 2 is 1.60 bits per heavy atom. The van der Waals surface area contributed by atoms with E-state index in [0.29, 0.717) is 5.56 Å². The van der Waals surface area contributed by atoms with Crippen LogP contribution in [0, 0.1) is 11.2 Å². The second-order valence-corrected chi connectivity index (χ2v) is 9.20. The molecule has 158 valence electrons. The predicted molar refractivity (Wildman–Crippen MR) is 111 cm³/mol. The van der Waals surface area contributed by atoms with Crippen molar-refractivity contribution in [2.24, 2.45) is 5.41 Å². The zero-order valence-electron chi connectivity index (χ0n) is 17.3. The third-order valence-electron chi connectivity index (χ3n) is 6.54. The number of benzene rings is 2. The Morgan fingerprint density at radius 1 is 0.967 bits per heavy atom. The molecule has 4 rings (SSSR count). The standard InChI is InChI=1S/C24H27FN2O3/c1-22(24(12-13-24)26-20(28)18-8-10-19(25)11-9-18)15-23(2,16-22)27-21(29)30-14-17-6-4-3-5-7-17/h3-11H,12-16H2,1-2H3,(H,26,28)(H,27,29). The summed E-state index contributed by atoms with van der Waals surface area (Å²) in [6.07, 6.45) is 2.90. The minimum absolute atomic E-state index is 0.107. The van der Waals surface area contributed by atoms with E-state index in [9.17, 15) is 14.0 Å². The van der Waals surface area contributed by atoms with Gasteiger partial charge in [0, 0.05) is 16.6 Å². The Bertz CT molecular complexity index is 933. The van der Waals surface area contributed by atoms with Crippen LogP contribution in [0.25, 0.3) is 0 Å². The molecule has 2 amide bonds. The van der Waals surface area contributed by atoms with Crippen LogP contribution in [0.5, 0.6) is 0 Å². The Hall–Kier alpha value is -2.89. The van der Waals surface area contributed by atoms with Crippen LogP contribution in [-0.2, 0) is 11.3 Å². The third kappa shape index (κ3) is 4.04. The number of rotatable bonds is 6. The average Bonchev–Trinajstić information content (AvgIpc) is 3.47. The van der Waals surface area contributed by atoms with E-state index >= 15 is 0 Å². The van der Waals surface area contributed by atoms with Crippen LogP contribution in [0.1, 0.15) is 55.5 Å². The van der Waals surface area contributed by atoms with E-state index in [0.717, 1.165) is 31.2 Å². The van der Waals surface area contributed by atoms with E-state index in [1.807, 2.05) is 37.3 Å². The van der Waals surface area contributed by atoms with Crippen molar-refractivity contribution in [1.82, 2.24) is 10.6 Å². The van der Waals surface area contributed by atoms with E-state index in [2.05, 4.69) is 17.6 Å². The fourth-order valence-electron chi connectivity index (χ4n) is 5.00. The molecule has 0 heterocycles. The van der Waals surface area contributed by atoms with Gasteiger partial charge in [-0.25, -0.2) is 9.18 Å². The number of carbonyl (C=O) groups is 2. The molecular formula is C24H27FN2O3. The van der Waals surface area contributed by atoms with Crippen molar-refractivity contribution in [2.75, 3.05) is 0 Å². The van der Waals surface area contributed by atoms with Gasteiger partial charge in [-0.3, -0.25) is 4.79 Å². The number of ether oxygens (including phenoxy) is 1. The average molecular weight is 410 g/mol. The highest BCUT2D eigenvalue weighted by Gasteiger charge is 2.66. The largest absolute Gasteiger partial charge is 0.445 e. The lowest BCUT2D eigenvalue weighted by molar-refractivity contribution is -0.0144. The summed E-state index contributed by atoms with van der Waals surface area (Å²) in [6, 6.07) is 15.1. The summed E-state index contributed by atoms with van der Waals surface area (Å²) in [5.74, 6) is -0.544. The van der Waals surface area contributed by atoms with Gasteiger partial charge >= 0.3 is 6.09 Å².